The fourth-order valence-corrected chi connectivity index (χ4v) is 3.66. The quantitative estimate of drug-likeness (QED) is 0.801. The zero-order chi connectivity index (χ0) is 16.7. The second kappa shape index (κ2) is 5.65. The molecule has 0 aromatic heterocycles. The van der Waals surface area contributed by atoms with Gasteiger partial charge in [0.15, 0.2) is 11.6 Å². The first-order chi connectivity index (χ1) is 10.9. The maximum absolute atomic E-state index is 12.3. The Kier molecular flexibility index (Phi) is 3.80. The zero-order valence-corrected chi connectivity index (χ0v) is 13.5. The minimum atomic E-state index is -0.440. The highest BCUT2D eigenvalue weighted by Gasteiger charge is 2.46. The highest BCUT2D eigenvalue weighted by atomic mass is 16.5. The summed E-state index contributed by atoms with van der Waals surface area (Å²) in [5.74, 6) is -0.0340. The number of rotatable bonds is 3. The molecule has 0 amide bonds. The van der Waals surface area contributed by atoms with E-state index >= 15 is 0 Å². The Bertz CT molecular complexity index is 717. The largest absolute Gasteiger partial charge is 0.497 e. The van der Waals surface area contributed by atoms with Gasteiger partial charge in [0.2, 0.25) is 0 Å². The van der Waals surface area contributed by atoms with Crippen LogP contribution in [0.3, 0.4) is 0 Å². The summed E-state index contributed by atoms with van der Waals surface area (Å²) in [5, 5.41) is 0. The van der Waals surface area contributed by atoms with Crippen molar-refractivity contribution in [2.45, 2.75) is 32.7 Å². The molecule has 1 aromatic rings. The standard InChI is InChI=1S/C18H19NO4/c1-10-18(11(2)20)14-8-15(17(22)9-16(14)21)19(10)12-4-6-13(23-3)7-5-12/h4-7,14-15H,8-9H2,1-3H3/t14-,15+/m0/s1. The van der Waals surface area contributed by atoms with Crippen molar-refractivity contribution in [3.05, 3.63) is 35.5 Å². The highest BCUT2D eigenvalue weighted by molar-refractivity contribution is 6.12. The van der Waals surface area contributed by atoms with Gasteiger partial charge in [-0.25, -0.2) is 0 Å². The molecule has 23 heavy (non-hydrogen) atoms. The minimum absolute atomic E-state index is 0.0796. The first kappa shape index (κ1) is 15.5. The van der Waals surface area contributed by atoms with Gasteiger partial charge >= 0.3 is 0 Å². The van der Waals surface area contributed by atoms with E-state index in [2.05, 4.69) is 0 Å². The van der Waals surface area contributed by atoms with Crippen molar-refractivity contribution < 1.29 is 19.1 Å². The lowest BCUT2D eigenvalue weighted by Gasteiger charge is -2.43. The van der Waals surface area contributed by atoms with Gasteiger partial charge in [0, 0.05) is 17.0 Å². The van der Waals surface area contributed by atoms with E-state index in [0.717, 1.165) is 11.4 Å². The van der Waals surface area contributed by atoms with Gasteiger partial charge in [-0.15, -0.1) is 0 Å². The number of benzene rings is 1. The molecule has 1 aromatic carbocycles. The number of Topliss-reactive ketones (excluding diaryl/α,β-unsaturated/α-hetero) is 3. The molecule has 0 unspecified atom stereocenters. The van der Waals surface area contributed by atoms with E-state index < -0.39 is 5.92 Å². The maximum Gasteiger partial charge on any atom is 0.162 e. The lowest BCUT2D eigenvalue weighted by atomic mass is 9.73. The summed E-state index contributed by atoms with van der Waals surface area (Å²) >= 11 is 0. The highest BCUT2D eigenvalue weighted by Crippen LogP contribution is 2.40. The second-order valence-electron chi connectivity index (χ2n) is 6.04. The third-order valence-corrected chi connectivity index (χ3v) is 4.71. The molecular formula is C18H19NO4. The molecule has 2 aliphatic rings. The number of carbonyl (C=O) groups is 3. The molecule has 1 fully saturated rings. The van der Waals surface area contributed by atoms with E-state index in [1.54, 1.807) is 7.11 Å². The lowest BCUT2D eigenvalue weighted by molar-refractivity contribution is -0.134. The Morgan fingerprint density at radius 2 is 1.83 bits per heavy atom. The first-order valence-electron chi connectivity index (χ1n) is 7.64. The van der Waals surface area contributed by atoms with Gasteiger partial charge in [0.1, 0.15) is 11.5 Å². The molecule has 0 saturated heterocycles. The van der Waals surface area contributed by atoms with Crippen LogP contribution in [0.15, 0.2) is 35.5 Å². The molecule has 1 aliphatic carbocycles. The van der Waals surface area contributed by atoms with Gasteiger partial charge in [-0.05, 0) is 44.5 Å². The summed E-state index contributed by atoms with van der Waals surface area (Å²) < 4.78 is 5.16. The molecule has 2 atom stereocenters. The summed E-state index contributed by atoms with van der Waals surface area (Å²) in [6.07, 6.45) is 0.294. The summed E-state index contributed by atoms with van der Waals surface area (Å²) in [6, 6.07) is 6.99. The van der Waals surface area contributed by atoms with E-state index in [4.69, 9.17) is 4.74 Å². The number of hydrogen-bond acceptors (Lipinski definition) is 5. The van der Waals surface area contributed by atoms with E-state index in [0.29, 0.717) is 17.7 Å². The van der Waals surface area contributed by atoms with Crippen LogP contribution in [0.2, 0.25) is 0 Å². The van der Waals surface area contributed by atoms with E-state index in [9.17, 15) is 14.4 Å². The van der Waals surface area contributed by atoms with E-state index in [1.807, 2.05) is 36.1 Å². The van der Waals surface area contributed by atoms with Crippen LogP contribution in [0.5, 0.6) is 5.75 Å². The van der Waals surface area contributed by atoms with E-state index in [1.165, 1.54) is 6.92 Å². The average molecular weight is 313 g/mol. The Balaban J connectivity index is 2.12. The number of carbonyl (C=O) groups excluding carboxylic acids is 3. The summed E-state index contributed by atoms with van der Waals surface area (Å²) in [4.78, 5) is 38.5. The predicted molar refractivity (Wildman–Crippen MR) is 85.4 cm³/mol. The number of hydrogen-bond donors (Lipinski definition) is 0. The van der Waals surface area contributed by atoms with Crippen molar-refractivity contribution in [2.24, 2.45) is 5.92 Å². The first-order valence-corrected chi connectivity index (χ1v) is 7.64. The number of anilines is 1. The molecule has 0 spiro atoms. The Morgan fingerprint density at radius 3 is 2.39 bits per heavy atom. The second-order valence-corrected chi connectivity index (χ2v) is 6.04. The number of fused-ring (bicyclic) bond motifs is 2. The normalized spacial score (nSPS) is 24.0. The summed E-state index contributed by atoms with van der Waals surface area (Å²) in [5.41, 5.74) is 2.06. The van der Waals surface area contributed by atoms with Gasteiger partial charge in [-0.3, -0.25) is 14.4 Å². The van der Waals surface area contributed by atoms with Crippen molar-refractivity contribution in [2.75, 3.05) is 12.0 Å². The minimum Gasteiger partial charge on any atom is -0.497 e. The Labute approximate surface area is 134 Å². The van der Waals surface area contributed by atoms with Gasteiger partial charge < -0.3 is 9.64 Å². The van der Waals surface area contributed by atoms with Gasteiger partial charge in [0.25, 0.3) is 0 Å². The van der Waals surface area contributed by atoms with Crippen LogP contribution in [0.25, 0.3) is 0 Å². The molecule has 2 bridgehead atoms. The predicted octanol–water partition coefficient (Wildman–Crippen LogP) is 2.29. The van der Waals surface area contributed by atoms with Gasteiger partial charge in [0.05, 0.1) is 25.5 Å². The monoisotopic (exact) mass is 313 g/mol. The molecular weight excluding hydrogens is 294 g/mol. The van der Waals surface area contributed by atoms with Gasteiger partial charge in [-0.2, -0.15) is 0 Å². The topological polar surface area (TPSA) is 63.7 Å². The molecule has 120 valence electrons. The van der Waals surface area contributed by atoms with Crippen molar-refractivity contribution in [3.63, 3.8) is 0 Å². The van der Waals surface area contributed by atoms with Crippen LogP contribution >= 0.6 is 0 Å². The third kappa shape index (κ3) is 2.46. The molecule has 1 heterocycles. The number of ether oxygens (including phenoxy) is 1. The molecule has 0 N–H and O–H groups in total. The van der Waals surface area contributed by atoms with Crippen LogP contribution < -0.4 is 9.64 Å². The van der Waals surface area contributed by atoms with Crippen LogP contribution in [-0.2, 0) is 14.4 Å². The molecule has 0 radical (unpaired) electrons. The van der Waals surface area contributed by atoms with Gasteiger partial charge in [-0.1, -0.05) is 0 Å². The van der Waals surface area contributed by atoms with Crippen LogP contribution in [0.1, 0.15) is 26.7 Å². The Hall–Kier alpha value is -2.43. The fourth-order valence-electron chi connectivity index (χ4n) is 3.66. The van der Waals surface area contributed by atoms with Crippen LogP contribution in [-0.4, -0.2) is 30.5 Å². The molecule has 5 nitrogen and oxygen atoms in total. The smallest absolute Gasteiger partial charge is 0.162 e. The van der Waals surface area contributed by atoms with Crippen LogP contribution in [0, 0.1) is 5.92 Å². The van der Waals surface area contributed by atoms with Crippen molar-refractivity contribution >= 4 is 23.0 Å². The number of methoxy groups -OCH3 is 1. The molecule has 5 heteroatoms. The third-order valence-electron chi connectivity index (χ3n) is 4.71. The van der Waals surface area contributed by atoms with Crippen molar-refractivity contribution in [1.82, 2.24) is 0 Å². The average Bonchev–Trinajstić information content (AvgIpc) is 2.52. The Morgan fingerprint density at radius 1 is 1.17 bits per heavy atom. The maximum atomic E-state index is 12.3. The number of nitrogens with zero attached hydrogens (tertiary/aromatic N) is 1. The molecule has 3 rings (SSSR count). The van der Waals surface area contributed by atoms with E-state index in [-0.39, 0.29) is 29.8 Å². The van der Waals surface area contributed by atoms with Crippen molar-refractivity contribution in [3.8, 4) is 5.75 Å². The number of ketones is 3. The summed E-state index contributed by atoms with van der Waals surface area (Å²) in [6.45, 7) is 3.29. The SMILES string of the molecule is COc1ccc(N2C(C)=C(C(C)=O)[C@H]3C[C@@H]2C(=O)CC3=O)cc1. The lowest BCUT2D eigenvalue weighted by Crippen LogP contribution is -2.52. The van der Waals surface area contributed by atoms with Crippen LogP contribution in [0.4, 0.5) is 5.69 Å². The zero-order valence-electron chi connectivity index (χ0n) is 13.5. The number of allylic oxidation sites excluding steroid dienone is 2. The summed E-state index contributed by atoms with van der Waals surface area (Å²) in [7, 11) is 1.59. The van der Waals surface area contributed by atoms with Crippen molar-refractivity contribution in [1.29, 1.82) is 0 Å². The fraction of sp³-hybridized carbons (Fsp3) is 0.389. The molecule has 1 saturated carbocycles. The molecule has 1 aliphatic heterocycles.